The lowest BCUT2D eigenvalue weighted by Crippen LogP contribution is -2.58. The van der Waals surface area contributed by atoms with Gasteiger partial charge in [-0.1, -0.05) is 23.4 Å². The predicted molar refractivity (Wildman–Crippen MR) is 118 cm³/mol. The van der Waals surface area contributed by atoms with Crippen LogP contribution in [0, 0.1) is 0 Å². The van der Waals surface area contributed by atoms with E-state index in [-0.39, 0.29) is 6.42 Å². The molecule has 1 aliphatic heterocycles. The van der Waals surface area contributed by atoms with Crippen LogP contribution in [-0.2, 0) is 14.2 Å². The van der Waals surface area contributed by atoms with Gasteiger partial charge >= 0.3 is 6.09 Å². The molecule has 1 aromatic heterocycles. The highest BCUT2D eigenvalue weighted by Gasteiger charge is 2.60. The first-order chi connectivity index (χ1) is 14.6. The zero-order chi connectivity index (χ0) is 22.7. The summed E-state index contributed by atoms with van der Waals surface area (Å²) < 4.78 is 18.2. The second-order valence-electron chi connectivity index (χ2n) is 9.07. The number of primary amides is 1. The van der Waals surface area contributed by atoms with Crippen molar-refractivity contribution >= 4 is 17.9 Å². The molecule has 1 saturated carbocycles. The third-order valence-electron chi connectivity index (χ3n) is 6.22. The summed E-state index contributed by atoms with van der Waals surface area (Å²) in [6.45, 7) is 5.81. The van der Waals surface area contributed by atoms with Crippen molar-refractivity contribution in [1.29, 1.82) is 0 Å². The second-order valence-corrected chi connectivity index (χ2v) is 10.0. The van der Waals surface area contributed by atoms with Crippen LogP contribution in [0.25, 0.3) is 0 Å². The van der Waals surface area contributed by atoms with Gasteiger partial charge in [0.05, 0.1) is 17.3 Å². The Morgan fingerprint density at radius 1 is 1.39 bits per heavy atom. The highest BCUT2D eigenvalue weighted by Crippen LogP contribution is 2.51. The minimum absolute atomic E-state index is 0.268. The Bertz CT molecular complexity index is 802. The molecule has 2 aliphatic rings. The van der Waals surface area contributed by atoms with E-state index in [1.165, 1.54) is 11.8 Å². The van der Waals surface area contributed by atoms with Crippen molar-refractivity contribution in [2.24, 2.45) is 5.73 Å². The molecule has 8 nitrogen and oxygen atoms in total. The molecule has 3 N–H and O–H groups in total. The second kappa shape index (κ2) is 9.44. The summed E-state index contributed by atoms with van der Waals surface area (Å²) in [6, 6.07) is 1.78. The van der Waals surface area contributed by atoms with Gasteiger partial charge in [-0.05, 0) is 46.1 Å². The topological polar surface area (TPSA) is 117 Å². The van der Waals surface area contributed by atoms with Gasteiger partial charge in [0.15, 0.2) is 5.16 Å². The van der Waals surface area contributed by atoms with Gasteiger partial charge in [-0.25, -0.2) is 14.8 Å². The number of allylic oxidation sites excluding steroid dienone is 1. The molecule has 1 amide bonds. The van der Waals surface area contributed by atoms with E-state index in [0.29, 0.717) is 36.6 Å². The highest BCUT2D eigenvalue weighted by molar-refractivity contribution is 7.99. The Labute approximate surface area is 187 Å². The summed E-state index contributed by atoms with van der Waals surface area (Å²) >= 11 is 1.51. The molecule has 0 radical (unpaired) electrons. The van der Waals surface area contributed by atoms with Crippen LogP contribution in [0.5, 0.6) is 0 Å². The van der Waals surface area contributed by atoms with Crippen molar-refractivity contribution in [3.05, 3.63) is 30.1 Å². The first-order valence-electron chi connectivity index (χ1n) is 10.5. The van der Waals surface area contributed by atoms with E-state index < -0.39 is 35.1 Å². The minimum Gasteiger partial charge on any atom is -0.443 e. The molecule has 31 heavy (non-hydrogen) atoms. The summed E-state index contributed by atoms with van der Waals surface area (Å²) in [5.74, 6) is 0.590. The number of thioether (sulfide) groups is 1. The van der Waals surface area contributed by atoms with Crippen molar-refractivity contribution in [2.75, 3.05) is 12.9 Å². The van der Waals surface area contributed by atoms with Gasteiger partial charge in [0.2, 0.25) is 0 Å². The van der Waals surface area contributed by atoms with Gasteiger partial charge < -0.3 is 25.1 Å². The predicted octanol–water partition coefficient (Wildman–Crippen LogP) is 3.24. The van der Waals surface area contributed by atoms with Crippen molar-refractivity contribution < 1.29 is 24.1 Å². The average Bonchev–Trinajstić information content (AvgIpc) is 2.79. The maximum atomic E-state index is 11.6. The van der Waals surface area contributed by atoms with Crippen molar-refractivity contribution in [2.45, 2.75) is 87.0 Å². The Morgan fingerprint density at radius 3 is 2.71 bits per heavy atom. The number of carbonyl (C=O) groups excluding carboxylic acids is 1. The first kappa shape index (κ1) is 24.0. The van der Waals surface area contributed by atoms with Gasteiger partial charge in [0, 0.05) is 38.1 Å². The fraction of sp³-hybridized carbons (Fsp3) is 0.682. The summed E-state index contributed by atoms with van der Waals surface area (Å²) in [6.07, 6.45) is 6.13. The Morgan fingerprint density at radius 2 is 2.10 bits per heavy atom. The standard InChI is InChI=1S/C22H33N3O5S/c1-15(2)6-7-16-20(3,27)12-22(28-4)13-21(30-16,9-8-17(22)29-18(23)26)14-31-19-24-10-5-11-25-19/h5-6,10-11,16-17,27H,7-9,12-14H2,1-4H3,(H2,23,26)/t16-,17?,20-,21+,22?/m0/s1. The number of methoxy groups -OCH3 is 1. The largest absolute Gasteiger partial charge is 0.443 e. The van der Waals surface area contributed by atoms with E-state index in [1.807, 2.05) is 13.8 Å². The molecular weight excluding hydrogens is 418 g/mol. The minimum atomic E-state index is -1.19. The van der Waals surface area contributed by atoms with Crippen molar-refractivity contribution in [3.8, 4) is 0 Å². The maximum Gasteiger partial charge on any atom is 0.404 e. The van der Waals surface area contributed by atoms with E-state index in [9.17, 15) is 9.90 Å². The number of hydrogen-bond acceptors (Lipinski definition) is 8. The molecule has 2 unspecified atom stereocenters. The van der Waals surface area contributed by atoms with E-state index in [1.54, 1.807) is 32.5 Å². The number of rotatable bonds is 7. The third kappa shape index (κ3) is 5.58. The zero-order valence-corrected chi connectivity index (χ0v) is 19.5. The number of fused-ring (bicyclic) bond motifs is 2. The number of nitrogens with two attached hydrogens (primary N) is 1. The molecule has 172 valence electrons. The van der Waals surface area contributed by atoms with Crippen LogP contribution in [0.3, 0.4) is 0 Å². The lowest BCUT2D eigenvalue weighted by Gasteiger charge is -2.48. The molecule has 1 saturated heterocycles. The Kier molecular flexibility index (Phi) is 7.30. The number of aromatic nitrogens is 2. The lowest BCUT2D eigenvalue weighted by molar-refractivity contribution is -0.178. The van der Waals surface area contributed by atoms with Crippen LogP contribution in [0.2, 0.25) is 0 Å². The smallest absolute Gasteiger partial charge is 0.404 e. The molecule has 0 aromatic carbocycles. The number of carbonyl (C=O) groups is 1. The summed E-state index contributed by atoms with van der Waals surface area (Å²) in [7, 11) is 1.59. The van der Waals surface area contributed by atoms with Crippen LogP contribution in [0.15, 0.2) is 35.3 Å². The molecule has 2 bridgehead atoms. The summed E-state index contributed by atoms with van der Waals surface area (Å²) in [5, 5.41) is 12.1. The molecule has 2 fully saturated rings. The molecule has 2 heterocycles. The number of amides is 1. The molecule has 3 rings (SSSR count). The number of ether oxygens (including phenoxy) is 3. The Balaban J connectivity index is 1.96. The number of hydrogen-bond donors (Lipinski definition) is 2. The Hall–Kier alpha value is -1.68. The zero-order valence-electron chi connectivity index (χ0n) is 18.7. The normalized spacial score (nSPS) is 35.1. The molecule has 9 heteroatoms. The van der Waals surface area contributed by atoms with Crippen LogP contribution in [0.4, 0.5) is 4.79 Å². The number of nitrogens with zero attached hydrogens (tertiary/aromatic N) is 2. The van der Waals surface area contributed by atoms with Crippen LogP contribution in [0.1, 0.15) is 52.9 Å². The molecule has 0 spiro atoms. The third-order valence-corrected chi connectivity index (χ3v) is 7.36. The SMILES string of the molecule is COC12C[C@@](CSc3ncccn3)(CCC1OC(N)=O)O[C@@H](CC=C(C)C)[C@@](C)(O)C2. The first-order valence-corrected chi connectivity index (χ1v) is 11.5. The molecule has 1 aromatic rings. The van der Waals surface area contributed by atoms with E-state index in [4.69, 9.17) is 19.9 Å². The number of aliphatic hydroxyl groups is 1. The molecular formula is C22H33N3O5S. The van der Waals surface area contributed by atoms with Crippen LogP contribution < -0.4 is 5.73 Å². The lowest BCUT2D eigenvalue weighted by atomic mass is 9.70. The van der Waals surface area contributed by atoms with Gasteiger partial charge in [0.25, 0.3) is 0 Å². The maximum absolute atomic E-state index is 11.6. The molecule has 5 atom stereocenters. The fourth-order valence-electron chi connectivity index (χ4n) is 4.77. The average molecular weight is 452 g/mol. The van der Waals surface area contributed by atoms with Crippen LogP contribution >= 0.6 is 11.8 Å². The molecule has 1 aliphatic carbocycles. The highest BCUT2D eigenvalue weighted by atomic mass is 32.2. The van der Waals surface area contributed by atoms with E-state index in [0.717, 1.165) is 5.57 Å². The summed E-state index contributed by atoms with van der Waals surface area (Å²) in [5.41, 5.74) is 3.81. The van der Waals surface area contributed by atoms with E-state index in [2.05, 4.69) is 16.0 Å². The monoisotopic (exact) mass is 451 g/mol. The quantitative estimate of drug-likeness (QED) is 0.369. The van der Waals surface area contributed by atoms with Gasteiger partial charge in [-0.3, -0.25) is 0 Å². The van der Waals surface area contributed by atoms with Gasteiger partial charge in [0.1, 0.15) is 11.7 Å². The van der Waals surface area contributed by atoms with Crippen LogP contribution in [-0.4, -0.2) is 63.0 Å². The van der Waals surface area contributed by atoms with Crippen molar-refractivity contribution in [1.82, 2.24) is 9.97 Å². The summed E-state index contributed by atoms with van der Waals surface area (Å²) in [4.78, 5) is 20.2. The van der Waals surface area contributed by atoms with Gasteiger partial charge in [-0.2, -0.15) is 0 Å². The van der Waals surface area contributed by atoms with Crippen molar-refractivity contribution in [3.63, 3.8) is 0 Å². The van der Waals surface area contributed by atoms with Gasteiger partial charge in [-0.15, -0.1) is 0 Å². The fourth-order valence-corrected chi connectivity index (χ4v) is 5.75. The van der Waals surface area contributed by atoms with E-state index >= 15 is 0 Å².